The van der Waals surface area contributed by atoms with E-state index in [1.807, 2.05) is 7.11 Å². The van der Waals surface area contributed by atoms with Gasteiger partial charge < -0.3 is 14.4 Å². The second kappa shape index (κ2) is 8.76. The van der Waals surface area contributed by atoms with Gasteiger partial charge in [0.1, 0.15) is 11.9 Å². The van der Waals surface area contributed by atoms with Gasteiger partial charge in [0.2, 0.25) is 5.91 Å². The third-order valence-corrected chi connectivity index (χ3v) is 13.4. The second-order valence-corrected chi connectivity index (χ2v) is 14.6. The third-order valence-electron chi connectivity index (χ3n) is 13.4. The first-order chi connectivity index (χ1) is 18.2. The summed E-state index contributed by atoms with van der Waals surface area (Å²) in [5.74, 6) is 1.52. The van der Waals surface area contributed by atoms with Crippen molar-refractivity contribution in [3.8, 4) is 0 Å². The lowest BCUT2D eigenvalue weighted by Crippen LogP contribution is -2.59. The molecule has 1 spiro atoms. The topological polar surface area (TPSA) is 84.9 Å². The van der Waals surface area contributed by atoms with E-state index in [0.29, 0.717) is 30.0 Å². The van der Waals surface area contributed by atoms with Crippen molar-refractivity contribution in [1.29, 1.82) is 0 Å². The fraction of sp³-hybridized carbons (Fsp3) is 0.903. The fourth-order valence-electron chi connectivity index (χ4n) is 11.3. The molecule has 38 heavy (non-hydrogen) atoms. The lowest BCUT2D eigenvalue weighted by Gasteiger charge is -2.56. The number of methoxy groups -OCH3 is 1. The minimum atomic E-state index is -0.601. The van der Waals surface area contributed by atoms with Crippen molar-refractivity contribution in [1.82, 2.24) is 10.2 Å². The number of alkyl carbamates (subject to hydrolysis) is 1. The summed E-state index contributed by atoms with van der Waals surface area (Å²) >= 11 is 0. The maximum atomic E-state index is 14.6. The standard InChI is InChI=1S/C31H46N2O5/c1-18-26(34)29(2,20-6-4-5-7-20)15-24(38-28(36)32-27(35)22-17-33-13-10-19(22)16-33)31-14-21(31)8-11-30(18)12-9-23(37-3)25(30)31/h18-25H,4-17H2,1-3H3,(H,32,35,36)/t18-,19+,21-,22-,23+,24+,25?,29-,30?,31-/m0/s1. The Hall–Kier alpha value is -1.47. The van der Waals surface area contributed by atoms with Crippen LogP contribution in [-0.2, 0) is 19.1 Å². The lowest BCUT2D eigenvalue weighted by atomic mass is 9.49. The van der Waals surface area contributed by atoms with Crippen LogP contribution in [-0.4, -0.2) is 61.6 Å². The van der Waals surface area contributed by atoms with Crippen LogP contribution in [0.1, 0.15) is 84.5 Å². The highest BCUT2D eigenvalue weighted by molar-refractivity contribution is 5.94. The smallest absolute Gasteiger partial charge is 0.414 e. The van der Waals surface area contributed by atoms with Gasteiger partial charge in [-0.2, -0.15) is 0 Å². The zero-order chi connectivity index (χ0) is 26.4. The Morgan fingerprint density at radius 2 is 1.76 bits per heavy atom. The van der Waals surface area contributed by atoms with Crippen LogP contribution in [0.25, 0.3) is 0 Å². The van der Waals surface area contributed by atoms with Crippen molar-refractivity contribution in [2.45, 2.75) is 96.7 Å². The number of fused-ring (bicyclic) bond motifs is 2. The van der Waals surface area contributed by atoms with Gasteiger partial charge in [-0.3, -0.25) is 14.9 Å². The summed E-state index contributed by atoms with van der Waals surface area (Å²) in [5, 5.41) is 2.66. The van der Waals surface area contributed by atoms with Crippen molar-refractivity contribution in [2.24, 2.45) is 51.8 Å². The van der Waals surface area contributed by atoms with E-state index >= 15 is 0 Å². The lowest BCUT2D eigenvalue weighted by molar-refractivity contribution is -0.165. The Kier molecular flexibility index (Phi) is 5.88. The molecule has 0 aromatic heterocycles. The van der Waals surface area contributed by atoms with Gasteiger partial charge in [0.15, 0.2) is 0 Å². The number of nitrogens with one attached hydrogen (secondary N) is 1. The molecule has 11 atom stereocenters. The van der Waals surface area contributed by atoms with Gasteiger partial charge in [0.25, 0.3) is 0 Å². The Morgan fingerprint density at radius 3 is 2.45 bits per heavy atom. The average molecular weight is 527 g/mol. The molecule has 210 valence electrons. The molecule has 5 aliphatic carbocycles. The first kappa shape index (κ1) is 25.5. The SMILES string of the molecule is CO[C@@H]1CCC23CC[C@H]4C[C@@]4(C12)[C@H](OC(=O)NC(=O)[C@H]1CN2CC[C@@H]1C2)C[C@@](C)(C1CCCC1)C(=O)[C@@H]3C. The summed E-state index contributed by atoms with van der Waals surface area (Å²) in [4.78, 5) is 43.4. The van der Waals surface area contributed by atoms with Gasteiger partial charge in [-0.05, 0) is 87.5 Å². The number of ether oxygens (including phenoxy) is 2. The summed E-state index contributed by atoms with van der Waals surface area (Å²) in [6.45, 7) is 7.17. The molecule has 7 nitrogen and oxygen atoms in total. The van der Waals surface area contributed by atoms with E-state index < -0.39 is 11.5 Å². The largest absolute Gasteiger partial charge is 0.445 e. The number of imide groups is 1. The van der Waals surface area contributed by atoms with E-state index in [-0.39, 0.29) is 46.7 Å². The maximum Gasteiger partial charge on any atom is 0.414 e. The van der Waals surface area contributed by atoms with Gasteiger partial charge in [-0.15, -0.1) is 0 Å². The average Bonchev–Trinajstić information content (AvgIpc) is 3.46. The molecule has 4 bridgehead atoms. The van der Waals surface area contributed by atoms with Crippen LogP contribution in [0, 0.1) is 51.8 Å². The number of Topliss-reactive ketones (excluding diaryl/α,β-unsaturated/α-hetero) is 1. The number of rotatable bonds is 4. The molecule has 1 N–H and O–H groups in total. The first-order valence-corrected chi connectivity index (χ1v) is 15.5. The zero-order valence-corrected chi connectivity index (χ0v) is 23.5. The molecule has 3 unspecified atom stereocenters. The number of piperidine rings is 1. The Morgan fingerprint density at radius 1 is 1.00 bits per heavy atom. The van der Waals surface area contributed by atoms with Crippen molar-refractivity contribution in [3.63, 3.8) is 0 Å². The number of nitrogens with zero attached hydrogens (tertiary/aromatic N) is 1. The van der Waals surface area contributed by atoms with Crippen LogP contribution in [0.3, 0.4) is 0 Å². The number of amides is 2. The fourth-order valence-corrected chi connectivity index (χ4v) is 11.3. The summed E-state index contributed by atoms with van der Waals surface area (Å²) in [5.41, 5.74) is -0.706. The molecule has 0 aromatic rings. The predicted molar refractivity (Wildman–Crippen MR) is 141 cm³/mol. The molecule has 7 fully saturated rings. The van der Waals surface area contributed by atoms with Crippen molar-refractivity contribution in [3.05, 3.63) is 0 Å². The van der Waals surface area contributed by atoms with Gasteiger partial charge in [-0.1, -0.05) is 26.7 Å². The van der Waals surface area contributed by atoms with Crippen LogP contribution in [0.4, 0.5) is 4.79 Å². The quantitative estimate of drug-likeness (QED) is 0.577. The van der Waals surface area contributed by atoms with Gasteiger partial charge in [-0.25, -0.2) is 4.79 Å². The van der Waals surface area contributed by atoms with Crippen LogP contribution in [0.5, 0.6) is 0 Å². The molecule has 2 amide bonds. The van der Waals surface area contributed by atoms with Crippen molar-refractivity contribution >= 4 is 17.8 Å². The molecule has 0 aromatic carbocycles. The van der Waals surface area contributed by atoms with E-state index in [2.05, 4.69) is 24.1 Å². The van der Waals surface area contributed by atoms with E-state index in [9.17, 15) is 14.4 Å². The third kappa shape index (κ3) is 3.42. The molecular formula is C31H46N2O5. The van der Waals surface area contributed by atoms with Gasteiger partial charge in [0.05, 0.1) is 12.0 Å². The maximum absolute atomic E-state index is 14.6. The minimum absolute atomic E-state index is 0.000758. The predicted octanol–water partition coefficient (Wildman–Crippen LogP) is 4.58. The number of hydrogen-bond donors (Lipinski definition) is 1. The van der Waals surface area contributed by atoms with Crippen LogP contribution in [0.2, 0.25) is 0 Å². The molecule has 0 radical (unpaired) electrons. The normalized spacial score (nSPS) is 51.2. The molecule has 2 heterocycles. The summed E-state index contributed by atoms with van der Waals surface area (Å²) in [6, 6.07) is 0. The molecular weight excluding hydrogens is 480 g/mol. The van der Waals surface area contributed by atoms with Crippen LogP contribution >= 0.6 is 0 Å². The highest BCUT2D eigenvalue weighted by Crippen LogP contribution is 2.78. The molecule has 7 aliphatic rings. The first-order valence-electron chi connectivity index (χ1n) is 15.5. The van der Waals surface area contributed by atoms with Crippen LogP contribution in [0.15, 0.2) is 0 Å². The summed E-state index contributed by atoms with van der Waals surface area (Å²) in [6.07, 6.45) is 10.5. The van der Waals surface area contributed by atoms with E-state index in [4.69, 9.17) is 9.47 Å². The van der Waals surface area contributed by atoms with Gasteiger partial charge in [0, 0.05) is 42.9 Å². The van der Waals surface area contributed by atoms with E-state index in [1.54, 1.807) is 0 Å². The number of carbonyl (C=O) groups excluding carboxylic acids is 3. The molecule has 2 aliphatic heterocycles. The second-order valence-electron chi connectivity index (χ2n) is 14.6. The molecule has 2 saturated heterocycles. The Labute approximate surface area is 227 Å². The number of hydrogen-bond acceptors (Lipinski definition) is 6. The highest BCUT2D eigenvalue weighted by Gasteiger charge is 2.77. The highest BCUT2D eigenvalue weighted by atomic mass is 16.6. The molecule has 5 saturated carbocycles. The van der Waals surface area contributed by atoms with Crippen molar-refractivity contribution < 1.29 is 23.9 Å². The van der Waals surface area contributed by atoms with Crippen LogP contribution < -0.4 is 5.32 Å². The number of carbonyl (C=O) groups is 3. The van der Waals surface area contributed by atoms with E-state index in [1.165, 1.54) is 12.8 Å². The molecule has 7 rings (SSSR count). The summed E-state index contributed by atoms with van der Waals surface area (Å²) < 4.78 is 12.5. The van der Waals surface area contributed by atoms with E-state index in [0.717, 1.165) is 71.0 Å². The zero-order valence-electron chi connectivity index (χ0n) is 23.5. The summed E-state index contributed by atoms with van der Waals surface area (Å²) in [7, 11) is 1.81. The molecule has 7 heteroatoms. The Bertz CT molecular complexity index is 1030. The Balaban J connectivity index is 1.22. The monoisotopic (exact) mass is 526 g/mol. The van der Waals surface area contributed by atoms with Crippen molar-refractivity contribution in [2.75, 3.05) is 26.7 Å². The minimum Gasteiger partial charge on any atom is -0.445 e. The van der Waals surface area contributed by atoms with Gasteiger partial charge >= 0.3 is 6.09 Å². The number of ketones is 1.